The Hall–Kier alpha value is -3.29. The number of hydrogen-bond donors (Lipinski definition) is 1. The maximum absolute atomic E-state index is 12.7. The summed E-state index contributed by atoms with van der Waals surface area (Å²) in [4.78, 5) is 35.6. The zero-order valence-corrected chi connectivity index (χ0v) is 15.6. The molecule has 1 aliphatic heterocycles. The Morgan fingerprint density at radius 2 is 2.14 bits per heavy atom. The second-order valence-electron chi connectivity index (χ2n) is 6.88. The molecule has 144 valence electrons. The van der Waals surface area contributed by atoms with Crippen molar-refractivity contribution in [1.29, 1.82) is 0 Å². The van der Waals surface area contributed by atoms with Crippen LogP contribution in [-0.2, 0) is 11.2 Å². The lowest BCUT2D eigenvalue weighted by atomic mass is 10.1. The largest absolute Gasteiger partial charge is 0.343 e. The Morgan fingerprint density at radius 1 is 1.29 bits per heavy atom. The summed E-state index contributed by atoms with van der Waals surface area (Å²) >= 11 is 0. The topological polar surface area (TPSA) is 101 Å². The fraction of sp³-hybridized carbons (Fsp3) is 0.350. The van der Waals surface area contributed by atoms with Crippen LogP contribution in [-0.4, -0.2) is 51.0 Å². The second kappa shape index (κ2) is 7.75. The first-order valence-corrected chi connectivity index (χ1v) is 9.32. The van der Waals surface area contributed by atoms with Gasteiger partial charge in [-0.2, -0.15) is 4.98 Å². The Bertz CT molecular complexity index is 1010. The van der Waals surface area contributed by atoms with Crippen LogP contribution in [0.2, 0.25) is 0 Å². The van der Waals surface area contributed by atoms with Gasteiger partial charge in [0.25, 0.3) is 5.91 Å². The minimum atomic E-state index is -0.281. The van der Waals surface area contributed by atoms with Gasteiger partial charge in [-0.05, 0) is 25.0 Å². The van der Waals surface area contributed by atoms with Gasteiger partial charge in [0.05, 0.1) is 17.6 Å². The molecule has 0 unspecified atom stereocenters. The maximum Gasteiger partial charge on any atom is 0.252 e. The van der Waals surface area contributed by atoms with Crippen molar-refractivity contribution >= 4 is 22.7 Å². The predicted octanol–water partition coefficient (Wildman–Crippen LogP) is 1.89. The van der Waals surface area contributed by atoms with Crippen LogP contribution in [0.5, 0.6) is 0 Å². The van der Waals surface area contributed by atoms with E-state index in [-0.39, 0.29) is 24.4 Å². The lowest BCUT2D eigenvalue weighted by Gasteiger charge is -2.24. The van der Waals surface area contributed by atoms with Crippen LogP contribution < -0.4 is 5.32 Å². The molecule has 4 rings (SSSR count). The maximum atomic E-state index is 12.7. The molecular formula is C20H21N5O3. The molecule has 2 amide bonds. The number of hydrogen-bond acceptors (Lipinski definition) is 6. The third-order valence-corrected chi connectivity index (χ3v) is 4.98. The lowest BCUT2D eigenvalue weighted by Crippen LogP contribution is -2.43. The van der Waals surface area contributed by atoms with E-state index in [0.717, 1.165) is 23.7 Å². The zero-order chi connectivity index (χ0) is 19.5. The highest BCUT2D eigenvalue weighted by Crippen LogP contribution is 2.20. The van der Waals surface area contributed by atoms with Crippen LogP contribution in [0.3, 0.4) is 0 Å². The van der Waals surface area contributed by atoms with Gasteiger partial charge < -0.3 is 14.7 Å². The zero-order valence-electron chi connectivity index (χ0n) is 15.6. The molecule has 1 N–H and O–H groups in total. The fourth-order valence-electron chi connectivity index (χ4n) is 3.66. The van der Waals surface area contributed by atoms with Crippen molar-refractivity contribution < 1.29 is 14.1 Å². The van der Waals surface area contributed by atoms with Crippen molar-refractivity contribution in [2.45, 2.75) is 32.2 Å². The van der Waals surface area contributed by atoms with Crippen molar-refractivity contribution in [3.05, 3.63) is 53.8 Å². The summed E-state index contributed by atoms with van der Waals surface area (Å²) in [6, 6.07) is 9.14. The number of rotatable bonds is 5. The molecule has 0 aliphatic carbocycles. The number of para-hydroxylation sites is 1. The predicted molar refractivity (Wildman–Crippen MR) is 102 cm³/mol. The molecule has 8 heteroatoms. The molecule has 1 atom stereocenters. The first kappa shape index (κ1) is 18.1. The number of aromatic nitrogens is 3. The highest BCUT2D eigenvalue weighted by molar-refractivity contribution is 6.06. The van der Waals surface area contributed by atoms with Crippen LogP contribution in [0.1, 0.15) is 34.9 Å². The van der Waals surface area contributed by atoms with Crippen LogP contribution in [0.25, 0.3) is 10.9 Å². The third-order valence-electron chi connectivity index (χ3n) is 4.98. The average Bonchev–Trinajstić information content (AvgIpc) is 3.34. The van der Waals surface area contributed by atoms with E-state index in [1.54, 1.807) is 24.1 Å². The Balaban J connectivity index is 1.39. The first-order chi connectivity index (χ1) is 13.6. The number of fused-ring (bicyclic) bond motifs is 1. The molecule has 0 bridgehead atoms. The van der Waals surface area contributed by atoms with E-state index >= 15 is 0 Å². The minimum absolute atomic E-state index is 0.0307. The summed E-state index contributed by atoms with van der Waals surface area (Å²) < 4.78 is 5.01. The van der Waals surface area contributed by atoms with Gasteiger partial charge >= 0.3 is 0 Å². The number of carbonyl (C=O) groups excluding carboxylic acids is 2. The summed E-state index contributed by atoms with van der Waals surface area (Å²) in [6.07, 6.45) is 3.98. The fourth-order valence-corrected chi connectivity index (χ4v) is 3.66. The van der Waals surface area contributed by atoms with Gasteiger partial charge in [-0.15, -0.1) is 0 Å². The molecule has 0 spiro atoms. The van der Waals surface area contributed by atoms with E-state index in [9.17, 15) is 9.59 Å². The van der Waals surface area contributed by atoms with Crippen LogP contribution in [0.15, 0.2) is 41.1 Å². The van der Waals surface area contributed by atoms with Gasteiger partial charge in [-0.25, -0.2) is 0 Å². The number of carbonyl (C=O) groups is 2. The highest BCUT2D eigenvalue weighted by Gasteiger charge is 2.30. The molecular weight excluding hydrogens is 358 g/mol. The molecule has 1 saturated heterocycles. The van der Waals surface area contributed by atoms with E-state index in [2.05, 4.69) is 20.4 Å². The molecule has 8 nitrogen and oxygen atoms in total. The van der Waals surface area contributed by atoms with Crippen LogP contribution >= 0.6 is 0 Å². The van der Waals surface area contributed by atoms with Gasteiger partial charge in [-0.1, -0.05) is 23.4 Å². The summed E-state index contributed by atoms with van der Waals surface area (Å²) in [6.45, 7) is 2.37. The SMILES string of the molecule is Cc1nc(C[C@@H]2CCCN2C(=O)CNC(=O)c2ccnc3ccccc23)no1. The lowest BCUT2D eigenvalue weighted by molar-refractivity contribution is -0.130. The van der Waals surface area contributed by atoms with Crippen molar-refractivity contribution in [3.63, 3.8) is 0 Å². The van der Waals surface area contributed by atoms with E-state index in [0.29, 0.717) is 30.2 Å². The van der Waals surface area contributed by atoms with Gasteiger partial charge in [0.15, 0.2) is 5.82 Å². The van der Waals surface area contributed by atoms with Crippen molar-refractivity contribution in [3.8, 4) is 0 Å². The Kier molecular flexibility index (Phi) is 5.01. The molecule has 1 aliphatic rings. The molecule has 2 aromatic heterocycles. The number of amides is 2. The standard InChI is InChI=1S/C20H21N5O3/c1-13-23-18(24-28-13)11-14-5-4-10-25(14)19(26)12-22-20(27)16-8-9-21-17-7-3-2-6-15(16)17/h2-3,6-9,14H,4-5,10-12H2,1H3,(H,22,27)/t14-/m0/s1. The first-order valence-electron chi connectivity index (χ1n) is 9.32. The Labute approximate surface area is 161 Å². The number of aryl methyl sites for hydroxylation is 1. The summed E-state index contributed by atoms with van der Waals surface area (Å²) in [5, 5.41) is 7.43. The van der Waals surface area contributed by atoms with Crippen LogP contribution in [0.4, 0.5) is 0 Å². The number of likely N-dealkylation sites (tertiary alicyclic amines) is 1. The third kappa shape index (κ3) is 3.71. The highest BCUT2D eigenvalue weighted by atomic mass is 16.5. The summed E-state index contributed by atoms with van der Waals surface area (Å²) in [7, 11) is 0. The van der Waals surface area contributed by atoms with Crippen molar-refractivity contribution in [2.24, 2.45) is 0 Å². The van der Waals surface area contributed by atoms with Gasteiger partial charge in [-0.3, -0.25) is 14.6 Å². The molecule has 28 heavy (non-hydrogen) atoms. The Morgan fingerprint density at radius 3 is 2.96 bits per heavy atom. The number of nitrogens with one attached hydrogen (secondary N) is 1. The minimum Gasteiger partial charge on any atom is -0.343 e. The summed E-state index contributed by atoms with van der Waals surface area (Å²) in [5.74, 6) is 0.739. The monoisotopic (exact) mass is 379 g/mol. The van der Waals surface area contributed by atoms with E-state index in [1.165, 1.54) is 0 Å². The molecule has 1 fully saturated rings. The number of nitrogens with zero attached hydrogens (tertiary/aromatic N) is 4. The summed E-state index contributed by atoms with van der Waals surface area (Å²) in [5.41, 5.74) is 1.26. The molecule has 3 aromatic rings. The van der Waals surface area contributed by atoms with Crippen LogP contribution in [0, 0.1) is 6.92 Å². The quantitative estimate of drug-likeness (QED) is 0.726. The van der Waals surface area contributed by atoms with E-state index in [4.69, 9.17) is 4.52 Å². The molecule has 1 aromatic carbocycles. The molecule has 0 saturated carbocycles. The van der Waals surface area contributed by atoms with Gasteiger partial charge in [0.1, 0.15) is 0 Å². The van der Waals surface area contributed by atoms with E-state index < -0.39 is 0 Å². The van der Waals surface area contributed by atoms with E-state index in [1.807, 2.05) is 24.3 Å². The normalized spacial score (nSPS) is 16.5. The second-order valence-corrected chi connectivity index (χ2v) is 6.88. The average molecular weight is 379 g/mol. The smallest absolute Gasteiger partial charge is 0.252 e. The van der Waals surface area contributed by atoms with Gasteiger partial charge in [0, 0.05) is 37.5 Å². The van der Waals surface area contributed by atoms with Crippen molar-refractivity contribution in [2.75, 3.05) is 13.1 Å². The molecule has 0 radical (unpaired) electrons. The van der Waals surface area contributed by atoms with Gasteiger partial charge in [0.2, 0.25) is 11.8 Å². The number of benzene rings is 1. The molecule has 3 heterocycles. The number of pyridine rings is 1. The van der Waals surface area contributed by atoms with Crippen molar-refractivity contribution in [1.82, 2.24) is 25.3 Å².